The Labute approximate surface area is 99.8 Å². The molecule has 1 aliphatic rings. The van der Waals surface area contributed by atoms with Gasteiger partial charge in [0.15, 0.2) is 0 Å². The molecule has 1 heterocycles. The summed E-state index contributed by atoms with van der Waals surface area (Å²) in [5.41, 5.74) is 1.03. The average molecular weight is 243 g/mol. The predicted molar refractivity (Wildman–Crippen MR) is 66.5 cm³/mol. The molecule has 1 amide bonds. The van der Waals surface area contributed by atoms with Gasteiger partial charge in [-0.1, -0.05) is 25.9 Å². The van der Waals surface area contributed by atoms with Crippen LogP contribution < -0.4 is 5.32 Å². The van der Waals surface area contributed by atoms with Gasteiger partial charge in [-0.05, 0) is 6.92 Å². The van der Waals surface area contributed by atoms with Gasteiger partial charge >= 0.3 is 0 Å². The number of carbonyl (C=O) groups excluding carboxylic acids is 1. The van der Waals surface area contributed by atoms with Crippen LogP contribution in [0.15, 0.2) is 9.55 Å². The van der Waals surface area contributed by atoms with Gasteiger partial charge in [0.25, 0.3) is 0 Å². The van der Waals surface area contributed by atoms with Crippen molar-refractivity contribution in [2.45, 2.75) is 33.1 Å². The Balaban J connectivity index is 2.71. The highest BCUT2D eigenvalue weighted by Crippen LogP contribution is 2.23. The molecule has 0 saturated carbocycles. The zero-order valence-corrected chi connectivity index (χ0v) is 11.0. The summed E-state index contributed by atoms with van der Waals surface area (Å²) in [6.45, 7) is 7.43. The lowest BCUT2D eigenvalue weighted by atomic mass is 9.95. The van der Waals surface area contributed by atoms with Gasteiger partial charge in [0, 0.05) is 17.4 Å². The molecule has 6 heteroatoms. The second kappa shape index (κ2) is 4.86. The van der Waals surface area contributed by atoms with Crippen LogP contribution in [0.3, 0.4) is 0 Å². The molecule has 1 N–H and O–H groups in total. The van der Waals surface area contributed by atoms with Gasteiger partial charge in [-0.25, -0.2) is 4.40 Å². The summed E-state index contributed by atoms with van der Waals surface area (Å²) in [5, 5.41) is 6.51. The molecule has 1 unspecified atom stereocenters. The van der Waals surface area contributed by atoms with Crippen molar-refractivity contribution >= 4 is 29.3 Å². The molecule has 0 spiro atoms. The van der Waals surface area contributed by atoms with E-state index in [1.165, 1.54) is 19.1 Å². The maximum atomic E-state index is 11.8. The fraction of sp³-hybridized carbons (Fsp3) is 0.700. The lowest BCUT2D eigenvalue weighted by Crippen LogP contribution is -2.43. The van der Waals surface area contributed by atoms with Crippen LogP contribution >= 0.6 is 11.9 Å². The Morgan fingerprint density at radius 1 is 1.56 bits per heavy atom. The number of nitrogens with one attached hydrogen (secondary N) is 1. The second-order valence-electron chi connectivity index (χ2n) is 4.54. The molecule has 5 nitrogen and oxygen atoms in total. The Kier molecular flexibility index (Phi) is 3.96. The SMILES string of the molecule is CON=C1C(C)=NSC1NC(=O)C(C)(C)C. The topological polar surface area (TPSA) is 63.1 Å². The van der Waals surface area contributed by atoms with Gasteiger partial charge in [0.1, 0.15) is 18.2 Å². The van der Waals surface area contributed by atoms with E-state index in [9.17, 15) is 4.79 Å². The van der Waals surface area contributed by atoms with Crippen molar-refractivity contribution < 1.29 is 9.63 Å². The van der Waals surface area contributed by atoms with Crippen molar-refractivity contribution in [3.63, 3.8) is 0 Å². The average Bonchev–Trinajstić information content (AvgIpc) is 2.49. The molecular formula is C10H17N3O2S. The van der Waals surface area contributed by atoms with Crippen molar-refractivity contribution in [2.75, 3.05) is 7.11 Å². The molecule has 0 aliphatic carbocycles. The number of carbonyl (C=O) groups is 1. The number of amides is 1. The number of hydrogen-bond donors (Lipinski definition) is 1. The Morgan fingerprint density at radius 3 is 2.69 bits per heavy atom. The minimum atomic E-state index is -0.421. The van der Waals surface area contributed by atoms with Gasteiger partial charge in [0.2, 0.25) is 5.91 Å². The van der Waals surface area contributed by atoms with Crippen LogP contribution in [0.4, 0.5) is 0 Å². The van der Waals surface area contributed by atoms with Crippen LogP contribution in [0, 0.1) is 5.41 Å². The zero-order valence-electron chi connectivity index (χ0n) is 10.2. The maximum absolute atomic E-state index is 11.8. The van der Waals surface area contributed by atoms with Crippen molar-refractivity contribution in [1.29, 1.82) is 0 Å². The van der Waals surface area contributed by atoms with Crippen molar-refractivity contribution in [3.05, 3.63) is 0 Å². The van der Waals surface area contributed by atoms with Gasteiger partial charge in [-0.15, -0.1) is 0 Å². The monoisotopic (exact) mass is 243 g/mol. The lowest BCUT2D eigenvalue weighted by Gasteiger charge is -2.20. The number of oxime groups is 1. The third-order valence-corrected chi connectivity index (χ3v) is 2.98. The molecule has 1 aliphatic heterocycles. The summed E-state index contributed by atoms with van der Waals surface area (Å²) in [6, 6.07) is 0. The fourth-order valence-corrected chi connectivity index (χ4v) is 1.89. The molecule has 0 aromatic rings. The minimum absolute atomic E-state index is 0.0290. The number of hydrogen-bond acceptors (Lipinski definition) is 5. The van der Waals surface area contributed by atoms with Crippen LogP contribution in [0.25, 0.3) is 0 Å². The summed E-state index contributed by atoms with van der Waals surface area (Å²) in [7, 11) is 1.48. The minimum Gasteiger partial charge on any atom is -0.399 e. The highest BCUT2D eigenvalue weighted by molar-refractivity contribution is 8.00. The molecule has 1 atom stereocenters. The van der Waals surface area contributed by atoms with E-state index in [0.717, 1.165) is 5.71 Å². The number of nitrogens with zero attached hydrogens (tertiary/aromatic N) is 2. The van der Waals surface area contributed by atoms with E-state index < -0.39 is 5.41 Å². The molecule has 0 fully saturated rings. The zero-order chi connectivity index (χ0) is 12.3. The standard InChI is InChI=1S/C10H17N3O2S/c1-6-7(12-15-5)8(16-13-6)11-9(14)10(2,3)4/h8H,1-5H3,(H,11,14). The van der Waals surface area contributed by atoms with E-state index in [1.807, 2.05) is 27.7 Å². The van der Waals surface area contributed by atoms with E-state index in [-0.39, 0.29) is 11.3 Å². The molecule has 1 rings (SSSR count). The highest BCUT2D eigenvalue weighted by Gasteiger charge is 2.31. The largest absolute Gasteiger partial charge is 0.399 e. The van der Waals surface area contributed by atoms with E-state index in [4.69, 9.17) is 4.84 Å². The van der Waals surface area contributed by atoms with Crippen LogP contribution in [0.5, 0.6) is 0 Å². The first-order valence-electron chi connectivity index (χ1n) is 4.99. The fourth-order valence-electron chi connectivity index (χ4n) is 1.06. The maximum Gasteiger partial charge on any atom is 0.226 e. The normalized spacial score (nSPS) is 23.2. The van der Waals surface area contributed by atoms with E-state index in [1.54, 1.807) is 0 Å². The van der Waals surface area contributed by atoms with Crippen LogP contribution in [0.2, 0.25) is 0 Å². The summed E-state index contributed by atoms with van der Waals surface area (Å²) in [6.07, 6.45) is 0. The Hall–Kier alpha value is -1.04. The van der Waals surface area contributed by atoms with Gasteiger partial charge < -0.3 is 10.2 Å². The van der Waals surface area contributed by atoms with Crippen molar-refractivity contribution in [2.24, 2.45) is 15.0 Å². The molecule has 90 valence electrons. The molecule has 16 heavy (non-hydrogen) atoms. The van der Waals surface area contributed by atoms with E-state index in [2.05, 4.69) is 14.9 Å². The third-order valence-electron chi connectivity index (χ3n) is 2.05. The molecule has 0 aromatic heterocycles. The van der Waals surface area contributed by atoms with Crippen molar-refractivity contribution in [3.8, 4) is 0 Å². The summed E-state index contributed by atoms with van der Waals surface area (Å²) >= 11 is 1.29. The molecular weight excluding hydrogens is 226 g/mol. The molecule has 0 radical (unpaired) electrons. The molecule has 0 aromatic carbocycles. The Morgan fingerprint density at radius 2 is 2.19 bits per heavy atom. The van der Waals surface area contributed by atoms with Crippen molar-refractivity contribution in [1.82, 2.24) is 5.32 Å². The van der Waals surface area contributed by atoms with Gasteiger partial charge in [0.05, 0.1) is 5.71 Å². The molecule has 0 bridgehead atoms. The lowest BCUT2D eigenvalue weighted by molar-refractivity contribution is -0.128. The summed E-state index contributed by atoms with van der Waals surface area (Å²) in [4.78, 5) is 16.5. The Bertz CT molecular complexity index is 344. The highest BCUT2D eigenvalue weighted by atomic mass is 32.2. The predicted octanol–water partition coefficient (Wildman–Crippen LogP) is 1.60. The van der Waals surface area contributed by atoms with E-state index >= 15 is 0 Å². The van der Waals surface area contributed by atoms with Crippen LogP contribution in [0.1, 0.15) is 27.7 Å². The second-order valence-corrected chi connectivity index (χ2v) is 5.41. The van der Waals surface area contributed by atoms with Crippen LogP contribution in [-0.2, 0) is 9.63 Å². The number of rotatable bonds is 2. The van der Waals surface area contributed by atoms with Crippen LogP contribution in [-0.4, -0.2) is 29.8 Å². The van der Waals surface area contributed by atoms with Gasteiger partial charge in [-0.3, -0.25) is 4.79 Å². The van der Waals surface area contributed by atoms with E-state index in [0.29, 0.717) is 5.71 Å². The summed E-state index contributed by atoms with van der Waals surface area (Å²) in [5.74, 6) is -0.0290. The quantitative estimate of drug-likeness (QED) is 0.592. The summed E-state index contributed by atoms with van der Waals surface area (Å²) < 4.78 is 4.16. The third kappa shape index (κ3) is 2.98. The smallest absolute Gasteiger partial charge is 0.226 e. The first-order valence-corrected chi connectivity index (χ1v) is 5.82. The molecule has 0 saturated heterocycles. The first-order chi connectivity index (χ1) is 7.36. The first kappa shape index (κ1) is 13.0. The van der Waals surface area contributed by atoms with Gasteiger partial charge in [-0.2, -0.15) is 0 Å².